The van der Waals surface area contributed by atoms with Crippen molar-refractivity contribution in [1.82, 2.24) is 9.55 Å². The summed E-state index contributed by atoms with van der Waals surface area (Å²) >= 11 is 0. The molecule has 0 spiro atoms. The van der Waals surface area contributed by atoms with Crippen LogP contribution in [0.5, 0.6) is 0 Å². The van der Waals surface area contributed by atoms with Gasteiger partial charge in [0.1, 0.15) is 11.6 Å². The molecule has 0 aliphatic rings. The Kier molecular flexibility index (Phi) is 4.34. The molecular formula is C14H17F2N3O. The second-order valence-electron chi connectivity index (χ2n) is 4.67. The van der Waals surface area contributed by atoms with E-state index in [4.69, 9.17) is 4.74 Å². The number of nitrogens with one attached hydrogen (secondary N) is 1. The van der Waals surface area contributed by atoms with Crippen molar-refractivity contribution in [2.75, 3.05) is 19.0 Å². The Morgan fingerprint density at radius 2 is 2.15 bits per heavy atom. The number of aryl methyl sites for hydroxylation is 1. The highest BCUT2D eigenvalue weighted by Gasteiger charge is 2.14. The van der Waals surface area contributed by atoms with Crippen molar-refractivity contribution in [3.05, 3.63) is 41.7 Å². The minimum Gasteiger partial charge on any atom is -0.383 e. The molecular weight excluding hydrogens is 264 g/mol. The predicted molar refractivity (Wildman–Crippen MR) is 73.2 cm³/mol. The molecule has 2 rings (SSSR count). The average molecular weight is 281 g/mol. The summed E-state index contributed by atoms with van der Waals surface area (Å²) in [5.41, 5.74) is 0.841. The van der Waals surface area contributed by atoms with Gasteiger partial charge in [0.15, 0.2) is 0 Å². The van der Waals surface area contributed by atoms with Gasteiger partial charge in [-0.15, -0.1) is 0 Å². The van der Waals surface area contributed by atoms with Crippen LogP contribution in [0.2, 0.25) is 0 Å². The van der Waals surface area contributed by atoms with Crippen LogP contribution in [0.1, 0.15) is 18.7 Å². The lowest BCUT2D eigenvalue weighted by Crippen LogP contribution is -2.13. The van der Waals surface area contributed by atoms with Gasteiger partial charge in [0.25, 0.3) is 0 Å². The number of imidazole rings is 1. The van der Waals surface area contributed by atoms with Gasteiger partial charge in [0, 0.05) is 19.4 Å². The third-order valence-electron chi connectivity index (χ3n) is 2.91. The first-order valence-electron chi connectivity index (χ1n) is 6.27. The minimum absolute atomic E-state index is 0.0281. The molecule has 2 aromatic rings. The lowest BCUT2D eigenvalue weighted by Gasteiger charge is -2.16. The van der Waals surface area contributed by atoms with Crippen molar-refractivity contribution >= 4 is 11.6 Å². The van der Waals surface area contributed by atoms with Gasteiger partial charge in [-0.1, -0.05) is 0 Å². The van der Waals surface area contributed by atoms with Crippen molar-refractivity contribution in [2.45, 2.75) is 19.9 Å². The molecule has 1 aromatic carbocycles. The molecule has 1 heterocycles. The number of aromatic nitrogens is 2. The number of nitrogens with zero attached hydrogens (tertiary/aromatic N) is 2. The van der Waals surface area contributed by atoms with E-state index in [2.05, 4.69) is 10.3 Å². The molecule has 0 saturated heterocycles. The van der Waals surface area contributed by atoms with Gasteiger partial charge in [-0.2, -0.15) is 0 Å². The first-order valence-corrected chi connectivity index (χ1v) is 6.27. The van der Waals surface area contributed by atoms with Crippen LogP contribution in [-0.4, -0.2) is 23.3 Å². The van der Waals surface area contributed by atoms with E-state index in [0.29, 0.717) is 12.6 Å². The SMILES string of the molecule is COCC(C)n1cc(C)nc1Nc1cc(F)ccc1F. The zero-order valence-corrected chi connectivity index (χ0v) is 11.7. The molecule has 4 nitrogen and oxygen atoms in total. The van der Waals surface area contributed by atoms with E-state index in [1.54, 1.807) is 7.11 Å². The largest absolute Gasteiger partial charge is 0.383 e. The molecule has 1 N–H and O–H groups in total. The molecule has 1 atom stereocenters. The van der Waals surface area contributed by atoms with Gasteiger partial charge in [0.05, 0.1) is 24.0 Å². The Labute approximate surface area is 116 Å². The van der Waals surface area contributed by atoms with Gasteiger partial charge in [-0.3, -0.25) is 0 Å². The number of halogens is 2. The van der Waals surface area contributed by atoms with Crippen LogP contribution in [0.3, 0.4) is 0 Å². The lowest BCUT2D eigenvalue weighted by atomic mass is 10.3. The third kappa shape index (κ3) is 3.14. The van der Waals surface area contributed by atoms with Gasteiger partial charge >= 0.3 is 0 Å². The molecule has 1 unspecified atom stereocenters. The Bertz CT molecular complexity index is 598. The van der Waals surface area contributed by atoms with Crippen LogP contribution in [0.4, 0.5) is 20.4 Å². The number of hydrogen-bond acceptors (Lipinski definition) is 3. The zero-order chi connectivity index (χ0) is 14.7. The van der Waals surface area contributed by atoms with Crippen LogP contribution in [0, 0.1) is 18.6 Å². The van der Waals surface area contributed by atoms with Crippen LogP contribution in [0.25, 0.3) is 0 Å². The van der Waals surface area contributed by atoms with Gasteiger partial charge in [0.2, 0.25) is 5.95 Å². The van der Waals surface area contributed by atoms with E-state index in [1.807, 2.05) is 24.6 Å². The third-order valence-corrected chi connectivity index (χ3v) is 2.91. The highest BCUT2D eigenvalue weighted by molar-refractivity contribution is 5.55. The van der Waals surface area contributed by atoms with Crippen LogP contribution < -0.4 is 5.32 Å². The molecule has 6 heteroatoms. The quantitative estimate of drug-likeness (QED) is 0.912. The summed E-state index contributed by atoms with van der Waals surface area (Å²) in [7, 11) is 1.61. The fourth-order valence-corrected chi connectivity index (χ4v) is 1.98. The van der Waals surface area contributed by atoms with Crippen molar-refractivity contribution in [2.24, 2.45) is 0 Å². The number of hydrogen-bond donors (Lipinski definition) is 1. The van der Waals surface area contributed by atoms with Crippen LogP contribution >= 0.6 is 0 Å². The number of rotatable bonds is 5. The highest BCUT2D eigenvalue weighted by atomic mass is 19.1. The molecule has 0 bridgehead atoms. The fourth-order valence-electron chi connectivity index (χ4n) is 1.98. The molecule has 20 heavy (non-hydrogen) atoms. The Balaban J connectivity index is 2.31. The van der Waals surface area contributed by atoms with Gasteiger partial charge in [-0.25, -0.2) is 13.8 Å². The summed E-state index contributed by atoms with van der Waals surface area (Å²) in [6.45, 7) is 4.29. The summed E-state index contributed by atoms with van der Waals surface area (Å²) in [5, 5.41) is 2.82. The standard InChI is InChI=1S/C14H17F2N3O/c1-9-7-19(10(2)8-20-3)14(17-9)18-13-6-11(15)4-5-12(13)16/h4-7,10H,8H2,1-3H3,(H,17,18). The number of benzene rings is 1. The molecule has 108 valence electrons. The van der Waals surface area contributed by atoms with Crippen molar-refractivity contribution in [1.29, 1.82) is 0 Å². The summed E-state index contributed by atoms with van der Waals surface area (Å²) in [6, 6.07) is 3.28. The summed E-state index contributed by atoms with van der Waals surface area (Å²) in [4.78, 5) is 4.29. The molecule has 0 fully saturated rings. The summed E-state index contributed by atoms with van der Waals surface area (Å²) in [5.74, 6) is -0.580. The fraction of sp³-hybridized carbons (Fsp3) is 0.357. The summed E-state index contributed by atoms with van der Waals surface area (Å²) < 4.78 is 33.8. The van der Waals surface area contributed by atoms with Crippen molar-refractivity contribution in [3.63, 3.8) is 0 Å². The first-order chi connectivity index (χ1) is 9.51. The van der Waals surface area contributed by atoms with Gasteiger partial charge in [-0.05, 0) is 26.0 Å². The number of ether oxygens (including phenoxy) is 1. The van der Waals surface area contributed by atoms with E-state index in [9.17, 15) is 8.78 Å². The second kappa shape index (κ2) is 6.00. The van der Waals surface area contributed by atoms with E-state index in [0.717, 1.165) is 23.9 Å². The minimum atomic E-state index is -0.530. The smallest absolute Gasteiger partial charge is 0.207 e. The van der Waals surface area contributed by atoms with Crippen LogP contribution in [-0.2, 0) is 4.74 Å². The molecule has 1 aromatic heterocycles. The van der Waals surface area contributed by atoms with Crippen LogP contribution in [0.15, 0.2) is 24.4 Å². The zero-order valence-electron chi connectivity index (χ0n) is 11.7. The molecule has 0 aliphatic carbocycles. The molecule has 0 radical (unpaired) electrons. The molecule has 0 saturated carbocycles. The topological polar surface area (TPSA) is 39.1 Å². The predicted octanol–water partition coefficient (Wildman–Crippen LogP) is 3.42. The molecule has 0 amide bonds. The Hall–Kier alpha value is -1.95. The maximum atomic E-state index is 13.7. The van der Waals surface area contributed by atoms with E-state index in [-0.39, 0.29) is 11.7 Å². The Morgan fingerprint density at radius 3 is 2.85 bits per heavy atom. The van der Waals surface area contributed by atoms with Crippen molar-refractivity contribution in [3.8, 4) is 0 Å². The number of anilines is 2. The highest BCUT2D eigenvalue weighted by Crippen LogP contribution is 2.23. The lowest BCUT2D eigenvalue weighted by molar-refractivity contribution is 0.163. The normalized spacial score (nSPS) is 12.4. The molecule has 0 aliphatic heterocycles. The average Bonchev–Trinajstić information content (AvgIpc) is 2.75. The monoisotopic (exact) mass is 281 g/mol. The Morgan fingerprint density at radius 1 is 1.40 bits per heavy atom. The number of methoxy groups -OCH3 is 1. The van der Waals surface area contributed by atoms with E-state index in [1.165, 1.54) is 0 Å². The van der Waals surface area contributed by atoms with Crippen molar-refractivity contribution < 1.29 is 13.5 Å². The van der Waals surface area contributed by atoms with E-state index >= 15 is 0 Å². The van der Waals surface area contributed by atoms with Gasteiger partial charge < -0.3 is 14.6 Å². The first kappa shape index (κ1) is 14.5. The maximum Gasteiger partial charge on any atom is 0.207 e. The summed E-state index contributed by atoms with van der Waals surface area (Å²) in [6.07, 6.45) is 1.84. The van der Waals surface area contributed by atoms with E-state index < -0.39 is 11.6 Å². The maximum absolute atomic E-state index is 13.7. The second-order valence-corrected chi connectivity index (χ2v) is 4.67.